The van der Waals surface area contributed by atoms with Gasteiger partial charge in [0.05, 0.1) is 0 Å². The SMILES string of the molecule is Cc1cc(CN)c(N)c(CN)c1C. The van der Waals surface area contributed by atoms with Crippen molar-refractivity contribution in [3.63, 3.8) is 0 Å². The second-order valence-electron chi connectivity index (χ2n) is 3.28. The smallest absolute Gasteiger partial charge is 0.0408 e. The van der Waals surface area contributed by atoms with E-state index in [0.29, 0.717) is 13.1 Å². The van der Waals surface area contributed by atoms with Crippen LogP contribution in [0.2, 0.25) is 0 Å². The van der Waals surface area contributed by atoms with Gasteiger partial charge in [-0.1, -0.05) is 6.07 Å². The Morgan fingerprint density at radius 3 is 2.23 bits per heavy atom. The van der Waals surface area contributed by atoms with Crippen molar-refractivity contribution in [2.24, 2.45) is 11.5 Å². The maximum Gasteiger partial charge on any atom is 0.0408 e. The van der Waals surface area contributed by atoms with E-state index in [0.717, 1.165) is 16.8 Å². The molecule has 0 unspecified atom stereocenters. The summed E-state index contributed by atoms with van der Waals surface area (Å²) >= 11 is 0. The first kappa shape index (κ1) is 10.0. The van der Waals surface area contributed by atoms with Gasteiger partial charge in [-0.3, -0.25) is 0 Å². The van der Waals surface area contributed by atoms with Crippen molar-refractivity contribution in [3.8, 4) is 0 Å². The summed E-state index contributed by atoms with van der Waals surface area (Å²) < 4.78 is 0. The molecule has 1 rings (SSSR count). The van der Waals surface area contributed by atoms with Crippen LogP contribution in [0.1, 0.15) is 22.3 Å². The number of nitrogen functional groups attached to an aromatic ring is 1. The lowest BCUT2D eigenvalue weighted by molar-refractivity contribution is 1.01. The van der Waals surface area contributed by atoms with Crippen molar-refractivity contribution in [3.05, 3.63) is 28.3 Å². The second-order valence-corrected chi connectivity index (χ2v) is 3.28. The average Bonchev–Trinajstić information content (AvgIpc) is 2.12. The summed E-state index contributed by atoms with van der Waals surface area (Å²) in [4.78, 5) is 0. The molecule has 0 atom stereocenters. The van der Waals surface area contributed by atoms with E-state index >= 15 is 0 Å². The average molecular weight is 179 g/mol. The van der Waals surface area contributed by atoms with Crippen LogP contribution in [0.15, 0.2) is 6.07 Å². The maximum absolute atomic E-state index is 5.91. The first-order valence-electron chi connectivity index (χ1n) is 4.39. The van der Waals surface area contributed by atoms with Crippen molar-refractivity contribution in [1.82, 2.24) is 0 Å². The standard InChI is InChI=1S/C10H17N3/c1-6-3-8(4-11)10(13)9(5-12)7(6)2/h3H,4-5,11-13H2,1-2H3. The Bertz CT molecular complexity index is 318. The second kappa shape index (κ2) is 3.77. The van der Waals surface area contributed by atoms with Gasteiger partial charge >= 0.3 is 0 Å². The van der Waals surface area contributed by atoms with E-state index in [1.54, 1.807) is 0 Å². The third-order valence-corrected chi connectivity index (χ3v) is 2.53. The van der Waals surface area contributed by atoms with Crippen LogP contribution in [0.4, 0.5) is 5.69 Å². The summed E-state index contributed by atoms with van der Waals surface area (Å²) in [5.41, 5.74) is 22.3. The molecule has 1 aromatic carbocycles. The minimum Gasteiger partial charge on any atom is -0.398 e. The Kier molecular flexibility index (Phi) is 2.90. The molecular weight excluding hydrogens is 162 g/mol. The predicted octanol–water partition coefficient (Wildman–Crippen LogP) is 0.803. The van der Waals surface area contributed by atoms with Crippen LogP contribution in [-0.4, -0.2) is 0 Å². The number of anilines is 1. The van der Waals surface area contributed by atoms with Crippen LogP contribution in [-0.2, 0) is 13.1 Å². The number of benzene rings is 1. The highest BCUT2D eigenvalue weighted by Gasteiger charge is 2.08. The molecule has 0 aromatic heterocycles. The van der Waals surface area contributed by atoms with Crippen LogP contribution in [0, 0.1) is 13.8 Å². The summed E-state index contributed by atoms with van der Waals surface area (Å²) in [6.45, 7) is 5.04. The van der Waals surface area contributed by atoms with Gasteiger partial charge in [-0.15, -0.1) is 0 Å². The highest BCUT2D eigenvalue weighted by atomic mass is 14.6. The van der Waals surface area contributed by atoms with Crippen LogP contribution < -0.4 is 17.2 Å². The molecule has 0 aliphatic rings. The molecular formula is C10H17N3. The number of aryl methyl sites for hydroxylation is 1. The summed E-state index contributed by atoms with van der Waals surface area (Å²) in [7, 11) is 0. The minimum absolute atomic E-state index is 0.472. The molecule has 72 valence electrons. The number of rotatable bonds is 2. The molecule has 0 heterocycles. The van der Waals surface area contributed by atoms with Crippen molar-refractivity contribution < 1.29 is 0 Å². The zero-order chi connectivity index (χ0) is 10.0. The maximum atomic E-state index is 5.91. The van der Waals surface area contributed by atoms with E-state index in [1.165, 1.54) is 11.1 Å². The third kappa shape index (κ3) is 1.66. The fraction of sp³-hybridized carbons (Fsp3) is 0.400. The van der Waals surface area contributed by atoms with Gasteiger partial charge in [0.2, 0.25) is 0 Å². The number of nitrogens with two attached hydrogens (primary N) is 3. The molecule has 6 N–H and O–H groups in total. The van der Waals surface area contributed by atoms with Gasteiger partial charge in [-0.2, -0.15) is 0 Å². The zero-order valence-corrected chi connectivity index (χ0v) is 8.22. The van der Waals surface area contributed by atoms with Gasteiger partial charge < -0.3 is 17.2 Å². The topological polar surface area (TPSA) is 78.1 Å². The molecule has 0 aliphatic heterocycles. The molecule has 0 spiro atoms. The normalized spacial score (nSPS) is 10.5. The first-order valence-corrected chi connectivity index (χ1v) is 4.39. The molecule has 0 amide bonds. The van der Waals surface area contributed by atoms with Gasteiger partial charge in [-0.05, 0) is 36.1 Å². The van der Waals surface area contributed by atoms with Gasteiger partial charge in [0, 0.05) is 18.8 Å². The molecule has 0 aliphatic carbocycles. The van der Waals surface area contributed by atoms with Crippen molar-refractivity contribution in [2.45, 2.75) is 26.9 Å². The molecule has 3 nitrogen and oxygen atoms in total. The highest BCUT2D eigenvalue weighted by Crippen LogP contribution is 2.24. The first-order chi connectivity index (χ1) is 6.11. The van der Waals surface area contributed by atoms with E-state index in [2.05, 4.69) is 0 Å². The van der Waals surface area contributed by atoms with Crippen molar-refractivity contribution >= 4 is 5.69 Å². The fourth-order valence-electron chi connectivity index (χ4n) is 1.51. The lowest BCUT2D eigenvalue weighted by atomic mass is 9.97. The molecule has 0 bridgehead atoms. The predicted molar refractivity (Wildman–Crippen MR) is 56.1 cm³/mol. The molecule has 0 fully saturated rings. The van der Waals surface area contributed by atoms with E-state index < -0.39 is 0 Å². The zero-order valence-electron chi connectivity index (χ0n) is 8.22. The monoisotopic (exact) mass is 179 g/mol. The van der Waals surface area contributed by atoms with E-state index in [1.807, 2.05) is 19.9 Å². The Balaban J connectivity index is 3.39. The fourth-order valence-corrected chi connectivity index (χ4v) is 1.51. The van der Waals surface area contributed by atoms with Crippen LogP contribution in [0.25, 0.3) is 0 Å². The molecule has 1 aromatic rings. The van der Waals surface area contributed by atoms with Gasteiger partial charge in [-0.25, -0.2) is 0 Å². The van der Waals surface area contributed by atoms with Crippen molar-refractivity contribution in [1.29, 1.82) is 0 Å². The van der Waals surface area contributed by atoms with E-state index in [4.69, 9.17) is 17.2 Å². The Morgan fingerprint density at radius 1 is 1.15 bits per heavy atom. The molecule has 3 heteroatoms. The largest absolute Gasteiger partial charge is 0.398 e. The van der Waals surface area contributed by atoms with Crippen LogP contribution in [0.3, 0.4) is 0 Å². The van der Waals surface area contributed by atoms with Crippen LogP contribution >= 0.6 is 0 Å². The van der Waals surface area contributed by atoms with Crippen LogP contribution in [0.5, 0.6) is 0 Å². The molecule has 0 saturated heterocycles. The summed E-state index contributed by atoms with van der Waals surface area (Å²) in [5, 5.41) is 0. The van der Waals surface area contributed by atoms with Gasteiger partial charge in [0.1, 0.15) is 0 Å². The molecule has 13 heavy (non-hydrogen) atoms. The van der Waals surface area contributed by atoms with Gasteiger partial charge in [0.15, 0.2) is 0 Å². The van der Waals surface area contributed by atoms with E-state index in [9.17, 15) is 0 Å². The lowest BCUT2D eigenvalue weighted by Crippen LogP contribution is -2.10. The molecule has 0 saturated carbocycles. The number of hydrogen-bond donors (Lipinski definition) is 3. The minimum atomic E-state index is 0.472. The summed E-state index contributed by atoms with van der Waals surface area (Å²) in [6.07, 6.45) is 0. The van der Waals surface area contributed by atoms with Crippen molar-refractivity contribution in [2.75, 3.05) is 5.73 Å². The quantitative estimate of drug-likeness (QED) is 0.588. The lowest BCUT2D eigenvalue weighted by Gasteiger charge is -2.14. The third-order valence-electron chi connectivity index (χ3n) is 2.53. The highest BCUT2D eigenvalue weighted by molar-refractivity contribution is 5.59. The Hall–Kier alpha value is -1.06. The van der Waals surface area contributed by atoms with E-state index in [-0.39, 0.29) is 0 Å². The number of hydrogen-bond acceptors (Lipinski definition) is 3. The summed E-state index contributed by atoms with van der Waals surface area (Å²) in [5.74, 6) is 0. The summed E-state index contributed by atoms with van der Waals surface area (Å²) in [6, 6.07) is 2.03. The Labute approximate surface area is 78.9 Å². The van der Waals surface area contributed by atoms with Gasteiger partial charge in [0.25, 0.3) is 0 Å². The Morgan fingerprint density at radius 2 is 1.77 bits per heavy atom. The molecule has 0 radical (unpaired) electrons.